The van der Waals surface area contributed by atoms with Crippen LogP contribution in [0.15, 0.2) is 283 Å². The number of pyridine rings is 3. The Labute approximate surface area is 673 Å². The largest absolute Gasteiger partial charge is 0.307 e. The molecule has 30 nitrogen and oxygen atoms in total. The Balaban J connectivity index is 0.000000181. The summed E-state index contributed by atoms with van der Waals surface area (Å²) < 4.78 is 73.7. The normalized spacial score (nSPS) is 11.1. The number of benzene rings is 9. The second-order valence-corrected chi connectivity index (χ2v) is 31.7. The topological polar surface area (TPSA) is 487 Å². The summed E-state index contributed by atoms with van der Waals surface area (Å²) in [5.41, 5.74) is 3.59. The monoisotopic (exact) mass is 1780 g/mol. The Morgan fingerprint density at radius 1 is 0.333 bits per heavy atom. The number of amides is 3. The quantitative estimate of drug-likeness (QED) is 0.0186. The fourth-order valence-electron chi connectivity index (χ4n) is 11.2. The Morgan fingerprint density at radius 3 is 0.886 bits per heavy atom. The maximum atomic E-state index is 13.1. The van der Waals surface area contributed by atoms with Crippen LogP contribution in [0.25, 0.3) is 33.4 Å². The van der Waals surface area contributed by atoms with Gasteiger partial charge in [-0.15, -0.1) is 0 Å². The standard InChI is InChI=1S/3C26H19BrN4O6S/c27-19-9-12-25(29-15-19)30-26(33)22-11-10-20(31(34)35)13-18(22)14-23(32)17-7-5-16(6-8-17)21-3-1-2-4-24(21)38(28,36)37;2*27-19-10-12-25(29-15-19)30-26(33)22-14-20(31(34)35)11-9-18(22)13-23(32)17-7-5-16(6-8-17)21-3-1-2-4-24(21)38(28,36)37/h1-13,15H,14H2,(H2,28,36,37)(H,29,30,33);2*1-12,14-15H,13H2,(H2,28,36,37)(H,29,30,33). The second kappa shape index (κ2) is 36.6. The summed E-state index contributed by atoms with van der Waals surface area (Å²) in [6, 6.07) is 58.3. The number of aromatic nitrogens is 3. The van der Waals surface area contributed by atoms with Gasteiger partial charge in [-0.1, -0.05) is 140 Å². The van der Waals surface area contributed by atoms with E-state index in [1.54, 1.807) is 127 Å². The second-order valence-electron chi connectivity index (χ2n) is 24.4. The summed E-state index contributed by atoms with van der Waals surface area (Å²) in [5.74, 6) is -2.23. The van der Waals surface area contributed by atoms with E-state index in [1.165, 1.54) is 116 Å². The lowest BCUT2D eigenvalue weighted by molar-refractivity contribution is -0.385. The zero-order valence-electron chi connectivity index (χ0n) is 58.5. The molecule has 0 aliphatic rings. The molecule has 9 N–H and O–H groups in total. The van der Waals surface area contributed by atoms with Crippen LogP contribution < -0.4 is 31.4 Å². The van der Waals surface area contributed by atoms with Gasteiger partial charge in [0, 0.05) is 127 Å². The highest BCUT2D eigenvalue weighted by atomic mass is 79.9. The molecule has 12 rings (SSSR count). The first-order valence-corrected chi connectivity index (χ1v) is 40.0. The van der Waals surface area contributed by atoms with Crippen molar-refractivity contribution in [3.63, 3.8) is 0 Å². The summed E-state index contributed by atoms with van der Waals surface area (Å²) in [6.45, 7) is 0. The molecule has 0 unspecified atom stereocenters. The molecule has 3 aromatic heterocycles. The number of halogens is 3. The Morgan fingerprint density at radius 2 is 0.605 bits per heavy atom. The van der Waals surface area contributed by atoms with Crippen LogP contribution in [0.1, 0.15) is 78.8 Å². The number of nitrogens with one attached hydrogen (secondary N) is 3. The summed E-state index contributed by atoms with van der Waals surface area (Å²) in [6.07, 6.45) is 3.77. The molecule has 0 fully saturated rings. The third-order valence-corrected chi connectivity index (χ3v) is 21.1. The van der Waals surface area contributed by atoms with E-state index in [0.717, 1.165) is 16.6 Å². The summed E-state index contributed by atoms with van der Waals surface area (Å²) in [5, 5.41) is 57.7. The van der Waals surface area contributed by atoms with Crippen molar-refractivity contribution in [3.8, 4) is 33.4 Å². The van der Waals surface area contributed by atoms with Gasteiger partial charge >= 0.3 is 0 Å². The van der Waals surface area contributed by atoms with Gasteiger partial charge in [0.25, 0.3) is 34.8 Å². The molecule has 0 saturated heterocycles. The van der Waals surface area contributed by atoms with Crippen LogP contribution in [0.3, 0.4) is 0 Å². The number of carbonyl (C=O) groups excluding carboxylic acids is 6. The first kappa shape index (κ1) is 83.7. The summed E-state index contributed by atoms with van der Waals surface area (Å²) in [4.78, 5) is 122. The number of nitrogens with two attached hydrogens (primary N) is 3. The minimum Gasteiger partial charge on any atom is -0.307 e. The molecule has 36 heteroatoms. The van der Waals surface area contributed by atoms with Crippen molar-refractivity contribution >= 4 is 147 Å². The predicted molar refractivity (Wildman–Crippen MR) is 433 cm³/mol. The van der Waals surface area contributed by atoms with Crippen LogP contribution in [0.4, 0.5) is 34.5 Å². The van der Waals surface area contributed by atoms with Crippen molar-refractivity contribution < 1.29 is 68.8 Å². The molecule has 0 saturated carbocycles. The number of non-ortho nitro benzene ring substituents is 3. The van der Waals surface area contributed by atoms with Crippen LogP contribution >= 0.6 is 47.8 Å². The molecule has 0 aliphatic heterocycles. The number of carbonyl (C=O) groups is 6. The van der Waals surface area contributed by atoms with E-state index >= 15 is 0 Å². The van der Waals surface area contributed by atoms with E-state index in [9.17, 15) is 84.4 Å². The van der Waals surface area contributed by atoms with Crippen LogP contribution in [0, 0.1) is 30.3 Å². The van der Waals surface area contributed by atoms with Gasteiger partial charge in [-0.05, 0) is 142 Å². The maximum Gasteiger partial charge on any atom is 0.270 e. The molecule has 3 heterocycles. The Kier molecular flexibility index (Phi) is 26.9. The molecule has 114 heavy (non-hydrogen) atoms. The van der Waals surface area contributed by atoms with E-state index in [0.29, 0.717) is 64.6 Å². The molecule has 12 aromatic rings. The van der Waals surface area contributed by atoms with Crippen molar-refractivity contribution in [1.29, 1.82) is 0 Å². The van der Waals surface area contributed by atoms with E-state index in [-0.39, 0.29) is 108 Å². The van der Waals surface area contributed by atoms with Gasteiger partial charge in [-0.3, -0.25) is 59.1 Å². The van der Waals surface area contributed by atoms with E-state index in [4.69, 9.17) is 15.4 Å². The van der Waals surface area contributed by atoms with Gasteiger partial charge in [-0.2, -0.15) is 0 Å². The lowest BCUT2D eigenvalue weighted by Gasteiger charge is -2.11. The molecule has 0 atom stereocenters. The Bertz CT molecular complexity index is 5910. The predicted octanol–water partition coefficient (Wildman–Crippen LogP) is 14.2. The lowest BCUT2D eigenvalue weighted by atomic mass is 9.96. The third kappa shape index (κ3) is 21.9. The van der Waals surface area contributed by atoms with E-state index < -0.39 is 68.3 Å². The minimum absolute atomic E-state index is 0.0315. The van der Waals surface area contributed by atoms with Gasteiger partial charge in [0.15, 0.2) is 17.3 Å². The maximum absolute atomic E-state index is 13.1. The average molecular weight is 1790 g/mol. The van der Waals surface area contributed by atoms with Gasteiger partial charge in [0.05, 0.1) is 40.6 Å². The first-order valence-electron chi connectivity index (χ1n) is 33.0. The molecule has 0 radical (unpaired) electrons. The number of Topliss-reactive ketones (excluding diaryl/α,β-unsaturated/α-hetero) is 3. The smallest absolute Gasteiger partial charge is 0.270 e. The summed E-state index contributed by atoms with van der Waals surface area (Å²) >= 11 is 9.77. The molecule has 0 spiro atoms. The highest BCUT2D eigenvalue weighted by molar-refractivity contribution is 9.11. The molecule has 0 bridgehead atoms. The van der Waals surface area contributed by atoms with Gasteiger partial charge in [0.1, 0.15) is 17.5 Å². The molecule has 3 amide bonds. The number of hydrogen-bond acceptors (Lipinski definition) is 21. The van der Waals surface area contributed by atoms with Crippen LogP contribution in [0.2, 0.25) is 0 Å². The van der Waals surface area contributed by atoms with Gasteiger partial charge in [0.2, 0.25) is 30.1 Å². The number of nitro benzene ring substituents is 3. The van der Waals surface area contributed by atoms with Crippen LogP contribution in [-0.2, 0) is 49.3 Å². The molecule has 0 aliphatic carbocycles. The van der Waals surface area contributed by atoms with Crippen molar-refractivity contribution in [2.45, 2.75) is 33.9 Å². The minimum atomic E-state index is -3.96. The van der Waals surface area contributed by atoms with Crippen molar-refractivity contribution in [3.05, 3.63) is 349 Å². The fourth-order valence-corrected chi connectivity index (χ4v) is 14.2. The lowest BCUT2D eigenvalue weighted by Crippen LogP contribution is -2.17. The highest BCUT2D eigenvalue weighted by Gasteiger charge is 2.26. The van der Waals surface area contributed by atoms with Crippen molar-refractivity contribution in [2.75, 3.05) is 16.0 Å². The fraction of sp³-hybridized carbons (Fsp3) is 0.0385. The third-order valence-electron chi connectivity index (χ3n) is 16.7. The zero-order valence-corrected chi connectivity index (χ0v) is 65.7. The Hall–Kier alpha value is -12.8. The molecule has 9 aromatic carbocycles. The highest BCUT2D eigenvalue weighted by Crippen LogP contribution is 2.33. The number of hydrogen-bond donors (Lipinski definition) is 6. The van der Waals surface area contributed by atoms with Gasteiger partial charge < -0.3 is 16.0 Å². The summed E-state index contributed by atoms with van der Waals surface area (Å²) in [7, 11) is -11.9. The average Bonchev–Trinajstić information content (AvgIpc) is 0.818. The van der Waals surface area contributed by atoms with Gasteiger partial charge in [-0.25, -0.2) is 55.6 Å². The number of nitro groups is 3. The zero-order chi connectivity index (χ0) is 82.3. The van der Waals surface area contributed by atoms with Crippen molar-refractivity contribution in [1.82, 2.24) is 15.0 Å². The van der Waals surface area contributed by atoms with Crippen molar-refractivity contribution in [2.24, 2.45) is 15.4 Å². The van der Waals surface area contributed by atoms with Crippen LogP contribution in [-0.4, -0.2) is 90.0 Å². The number of anilines is 3. The number of nitrogens with zero attached hydrogens (tertiary/aromatic N) is 6. The van der Waals surface area contributed by atoms with E-state index in [2.05, 4.69) is 78.7 Å². The molecular weight excluding hydrogens is 1730 g/mol. The van der Waals surface area contributed by atoms with E-state index in [1.807, 2.05) is 0 Å². The number of primary sulfonamides is 3. The first-order chi connectivity index (χ1) is 54.1. The molecule has 576 valence electrons. The number of ketones is 3. The van der Waals surface area contributed by atoms with Crippen LogP contribution in [0.5, 0.6) is 0 Å². The number of sulfonamides is 3. The molecular formula is C78H57Br3N12O18S3. The SMILES string of the molecule is NS(=O)(=O)c1ccccc1-c1ccc(C(=O)Cc2cc([N+](=O)[O-])ccc2C(=O)Nc2ccc(Br)cn2)cc1.NS(=O)(=O)c1ccccc1-c1ccc(C(=O)Cc2ccc([N+](=O)[O-])cc2C(=O)Nc2ccc(Br)cn2)cc1.NS(=O)(=O)c1ccccc1-c1ccc(C(=O)Cc2ccc([N+](=O)[O-])cc2C(=O)Nc2ccc(Br)cn2)cc1. The number of rotatable bonds is 24.